The number of benzene rings is 2. The van der Waals surface area contributed by atoms with Crippen molar-refractivity contribution in [2.75, 3.05) is 0 Å². The zero-order valence-corrected chi connectivity index (χ0v) is 18.8. The molecule has 1 saturated heterocycles. The Morgan fingerprint density at radius 2 is 1.78 bits per heavy atom. The van der Waals surface area contributed by atoms with Crippen molar-refractivity contribution in [1.29, 1.82) is 0 Å². The van der Waals surface area contributed by atoms with Crippen LogP contribution in [0.2, 0.25) is 0 Å². The summed E-state index contributed by atoms with van der Waals surface area (Å²) in [7, 11) is 0. The van der Waals surface area contributed by atoms with Gasteiger partial charge in [0, 0.05) is 0 Å². The second kappa shape index (κ2) is 6.34. The summed E-state index contributed by atoms with van der Waals surface area (Å²) in [5.41, 5.74) is 3.27. The lowest BCUT2D eigenvalue weighted by molar-refractivity contribution is -0.152. The molecule has 2 saturated carbocycles. The van der Waals surface area contributed by atoms with E-state index in [4.69, 9.17) is 4.74 Å². The van der Waals surface area contributed by atoms with Crippen LogP contribution in [0.5, 0.6) is 0 Å². The minimum Gasteiger partial charge on any atom is -0.390 e. The SMILES string of the molecule is C[C@]12CC=C3C=C4[C@@H](O)[C@H](O)CC[C@]45CC[C@]3(O5)[C@@H]1CC[C@@H]2c1ccc2ccccc2c1. The molecule has 0 amide bonds. The molecule has 3 fully saturated rings. The molecule has 3 aliphatic carbocycles. The van der Waals surface area contributed by atoms with Gasteiger partial charge in [-0.2, -0.15) is 0 Å². The zero-order chi connectivity index (χ0) is 21.7. The Kier molecular flexibility index (Phi) is 3.87. The zero-order valence-electron chi connectivity index (χ0n) is 18.8. The smallest absolute Gasteiger partial charge is 0.104 e. The number of hydrogen-bond acceptors (Lipinski definition) is 3. The van der Waals surface area contributed by atoms with Crippen molar-refractivity contribution in [3.8, 4) is 0 Å². The Balaban J connectivity index is 1.31. The van der Waals surface area contributed by atoms with Crippen molar-refractivity contribution in [1.82, 2.24) is 0 Å². The molecule has 2 N–H and O–H groups in total. The van der Waals surface area contributed by atoms with Crippen LogP contribution < -0.4 is 0 Å². The first kappa shape index (κ1) is 19.5. The number of allylic oxidation sites excluding steroid dienone is 1. The standard InChI is InChI=1S/C29H32O3/c1-27-12-10-21-17-23-26(31)24(30)11-13-28(23)14-15-29(21,32-28)25(27)9-8-22(27)20-7-6-18-4-2-3-5-19(18)16-20/h2-7,10,16-17,22,24-26,30-31H,8-9,11-15H2,1H3/t22-,24-,25-,26-,27-,28+,29-/m1/s1. The maximum absolute atomic E-state index is 10.8. The van der Waals surface area contributed by atoms with Gasteiger partial charge in [-0.15, -0.1) is 0 Å². The molecule has 2 heterocycles. The lowest BCUT2D eigenvalue weighted by atomic mass is 9.58. The molecule has 2 aromatic carbocycles. The van der Waals surface area contributed by atoms with Gasteiger partial charge in [-0.25, -0.2) is 0 Å². The molecule has 2 aromatic rings. The molecule has 2 aliphatic heterocycles. The molecule has 2 bridgehead atoms. The van der Waals surface area contributed by atoms with Crippen LogP contribution in [0.3, 0.4) is 0 Å². The van der Waals surface area contributed by atoms with E-state index in [0.29, 0.717) is 18.3 Å². The highest BCUT2D eigenvalue weighted by atomic mass is 16.5. The molecule has 7 atom stereocenters. The molecule has 2 spiro atoms. The summed E-state index contributed by atoms with van der Waals surface area (Å²) >= 11 is 0. The highest BCUT2D eigenvalue weighted by molar-refractivity contribution is 5.83. The highest BCUT2D eigenvalue weighted by Gasteiger charge is 2.67. The molecule has 7 rings (SSSR count). The number of aliphatic hydroxyl groups excluding tert-OH is 2. The number of ether oxygens (including phenoxy) is 1. The van der Waals surface area contributed by atoms with Crippen LogP contribution in [0.25, 0.3) is 10.8 Å². The second-order valence-corrected chi connectivity index (χ2v) is 11.3. The average molecular weight is 429 g/mol. The Bertz CT molecular complexity index is 1180. The summed E-state index contributed by atoms with van der Waals surface area (Å²) in [6.07, 6.45) is 10.1. The summed E-state index contributed by atoms with van der Waals surface area (Å²) in [5.74, 6) is 1.03. The van der Waals surface area contributed by atoms with Crippen LogP contribution in [0, 0.1) is 11.3 Å². The maximum Gasteiger partial charge on any atom is 0.104 e. The first-order valence-electron chi connectivity index (χ1n) is 12.4. The predicted molar refractivity (Wildman–Crippen MR) is 125 cm³/mol. The molecular weight excluding hydrogens is 396 g/mol. The van der Waals surface area contributed by atoms with Crippen molar-refractivity contribution in [2.45, 2.75) is 81.2 Å². The third-order valence-electron chi connectivity index (χ3n) is 9.97. The maximum atomic E-state index is 10.8. The van der Waals surface area contributed by atoms with Gasteiger partial charge in [0.05, 0.1) is 17.3 Å². The van der Waals surface area contributed by atoms with Gasteiger partial charge in [-0.1, -0.05) is 61.5 Å². The Morgan fingerprint density at radius 3 is 2.66 bits per heavy atom. The fourth-order valence-corrected chi connectivity index (χ4v) is 8.35. The third kappa shape index (κ3) is 2.32. The molecule has 166 valence electrons. The van der Waals surface area contributed by atoms with Crippen LogP contribution in [0.1, 0.15) is 63.4 Å². The van der Waals surface area contributed by atoms with Gasteiger partial charge < -0.3 is 14.9 Å². The van der Waals surface area contributed by atoms with Gasteiger partial charge in [-0.05, 0) is 89.7 Å². The van der Waals surface area contributed by atoms with Crippen LogP contribution in [0.4, 0.5) is 0 Å². The molecule has 0 radical (unpaired) electrons. The van der Waals surface area contributed by atoms with Crippen LogP contribution >= 0.6 is 0 Å². The fourth-order valence-electron chi connectivity index (χ4n) is 8.35. The summed E-state index contributed by atoms with van der Waals surface area (Å²) < 4.78 is 7.13. The van der Waals surface area contributed by atoms with Gasteiger partial charge >= 0.3 is 0 Å². The largest absolute Gasteiger partial charge is 0.390 e. The minimum atomic E-state index is -0.789. The Hall–Kier alpha value is -1.94. The number of rotatable bonds is 1. The number of hydrogen-bond donors (Lipinski definition) is 2. The monoisotopic (exact) mass is 428 g/mol. The van der Waals surface area contributed by atoms with Crippen molar-refractivity contribution in [2.24, 2.45) is 11.3 Å². The van der Waals surface area contributed by atoms with E-state index in [0.717, 1.165) is 31.3 Å². The van der Waals surface area contributed by atoms with E-state index in [9.17, 15) is 10.2 Å². The quantitative estimate of drug-likeness (QED) is 0.638. The Morgan fingerprint density at radius 1 is 0.938 bits per heavy atom. The highest BCUT2D eigenvalue weighted by Crippen LogP contribution is 2.69. The molecule has 32 heavy (non-hydrogen) atoms. The first-order chi connectivity index (χ1) is 15.5. The molecule has 3 heteroatoms. The van der Waals surface area contributed by atoms with Crippen LogP contribution in [0.15, 0.2) is 65.8 Å². The van der Waals surface area contributed by atoms with E-state index in [1.54, 1.807) is 0 Å². The lowest BCUT2D eigenvalue weighted by Gasteiger charge is -2.54. The van der Waals surface area contributed by atoms with Crippen molar-refractivity contribution in [3.63, 3.8) is 0 Å². The molecule has 0 unspecified atom stereocenters. The van der Waals surface area contributed by atoms with E-state index >= 15 is 0 Å². The van der Waals surface area contributed by atoms with Crippen LogP contribution in [-0.4, -0.2) is 33.6 Å². The summed E-state index contributed by atoms with van der Waals surface area (Å²) in [5, 5.41) is 23.7. The minimum absolute atomic E-state index is 0.176. The first-order valence-corrected chi connectivity index (χ1v) is 12.4. The lowest BCUT2D eigenvalue weighted by Crippen LogP contribution is -2.56. The normalized spacial score (nSPS) is 44.5. The molecular formula is C29H32O3. The van der Waals surface area contributed by atoms with Gasteiger partial charge in [-0.3, -0.25) is 0 Å². The van der Waals surface area contributed by atoms with E-state index in [1.807, 2.05) is 0 Å². The van der Waals surface area contributed by atoms with Crippen molar-refractivity contribution >= 4 is 10.8 Å². The molecule has 0 aromatic heterocycles. The van der Waals surface area contributed by atoms with E-state index < -0.39 is 12.2 Å². The van der Waals surface area contributed by atoms with E-state index in [-0.39, 0.29) is 16.6 Å². The molecule has 3 nitrogen and oxygen atoms in total. The van der Waals surface area contributed by atoms with Gasteiger partial charge in [0.25, 0.3) is 0 Å². The number of aliphatic hydroxyl groups is 2. The summed E-state index contributed by atoms with van der Waals surface area (Å²) in [6, 6.07) is 15.7. The second-order valence-electron chi connectivity index (χ2n) is 11.3. The predicted octanol–water partition coefficient (Wildman–Crippen LogP) is 5.41. The van der Waals surface area contributed by atoms with E-state index in [1.165, 1.54) is 34.8 Å². The topological polar surface area (TPSA) is 49.7 Å². The van der Waals surface area contributed by atoms with Crippen molar-refractivity contribution in [3.05, 3.63) is 71.3 Å². The van der Waals surface area contributed by atoms with Crippen molar-refractivity contribution < 1.29 is 14.9 Å². The molecule has 5 aliphatic rings. The third-order valence-corrected chi connectivity index (χ3v) is 9.97. The van der Waals surface area contributed by atoms with Crippen LogP contribution in [-0.2, 0) is 4.74 Å². The fraction of sp³-hybridized carbons (Fsp3) is 0.517. The van der Waals surface area contributed by atoms with Gasteiger partial charge in [0.15, 0.2) is 0 Å². The average Bonchev–Trinajstić information content (AvgIpc) is 3.32. The summed E-state index contributed by atoms with van der Waals surface area (Å²) in [4.78, 5) is 0. The van der Waals surface area contributed by atoms with Gasteiger partial charge in [0.2, 0.25) is 0 Å². The van der Waals surface area contributed by atoms with E-state index in [2.05, 4.69) is 61.5 Å². The summed E-state index contributed by atoms with van der Waals surface area (Å²) in [6.45, 7) is 2.50. The Labute approximate surface area is 189 Å². The number of fused-ring (bicyclic) bond motifs is 2. The van der Waals surface area contributed by atoms with Gasteiger partial charge in [0.1, 0.15) is 6.10 Å².